The Bertz CT molecular complexity index is 899. The van der Waals surface area contributed by atoms with E-state index in [9.17, 15) is 4.79 Å². The van der Waals surface area contributed by atoms with Crippen molar-refractivity contribution < 1.29 is 13.9 Å². The second-order valence-corrected chi connectivity index (χ2v) is 8.63. The Hall–Kier alpha value is -1.76. The fourth-order valence-corrected chi connectivity index (χ4v) is 5.24. The van der Waals surface area contributed by atoms with Crippen LogP contribution in [0.2, 0.25) is 5.02 Å². The van der Waals surface area contributed by atoms with E-state index in [4.69, 9.17) is 20.8 Å². The zero-order chi connectivity index (χ0) is 21.1. The highest BCUT2D eigenvalue weighted by molar-refractivity contribution is 6.35. The van der Waals surface area contributed by atoms with Gasteiger partial charge in [-0.05, 0) is 37.8 Å². The first kappa shape index (κ1) is 21.5. The van der Waals surface area contributed by atoms with Gasteiger partial charge in [0, 0.05) is 24.1 Å². The van der Waals surface area contributed by atoms with Gasteiger partial charge in [-0.1, -0.05) is 44.7 Å². The number of hydrogen-bond donors (Lipinski definition) is 3. The van der Waals surface area contributed by atoms with Crippen LogP contribution in [0.4, 0.5) is 10.5 Å². The number of urea groups is 1. The zero-order valence-electron chi connectivity index (χ0n) is 17.9. The highest BCUT2D eigenvalue weighted by Gasteiger charge is 2.43. The standard InChI is InChI=1S/C21H26ClN3O3.C2H6/c22-16-10-13-9-15(12-23-11-14-5-4-8-27-14)28-19(13)17-18(16)24-20(26)25-21(17)6-2-1-3-7-21;1-2/h9-10,14,23H,1-8,11-12H2,(H2,24,25,26);1-2H3. The van der Waals surface area contributed by atoms with Gasteiger partial charge in [0.05, 0.1) is 28.9 Å². The van der Waals surface area contributed by atoms with Gasteiger partial charge in [0.25, 0.3) is 0 Å². The number of halogens is 1. The number of carbonyl (C=O) groups is 1. The first-order valence-electron chi connectivity index (χ1n) is 11.3. The third-order valence-electron chi connectivity index (χ3n) is 6.28. The molecule has 1 spiro atoms. The van der Waals surface area contributed by atoms with Gasteiger partial charge < -0.3 is 25.1 Å². The molecule has 1 aromatic carbocycles. The van der Waals surface area contributed by atoms with Gasteiger partial charge >= 0.3 is 6.03 Å². The summed E-state index contributed by atoms with van der Waals surface area (Å²) in [5.41, 5.74) is 2.16. The zero-order valence-corrected chi connectivity index (χ0v) is 18.7. The summed E-state index contributed by atoms with van der Waals surface area (Å²) in [7, 11) is 0. The Morgan fingerprint density at radius 3 is 2.73 bits per heavy atom. The molecule has 1 saturated carbocycles. The topological polar surface area (TPSA) is 75.5 Å². The molecule has 164 valence electrons. The minimum absolute atomic E-state index is 0.180. The fourth-order valence-electron chi connectivity index (χ4n) is 4.99. The molecule has 6 nitrogen and oxygen atoms in total. The number of ether oxygens (including phenoxy) is 1. The summed E-state index contributed by atoms with van der Waals surface area (Å²) in [4.78, 5) is 12.3. The number of carbonyl (C=O) groups excluding carboxylic acids is 1. The predicted molar refractivity (Wildman–Crippen MR) is 120 cm³/mol. The molecule has 5 rings (SSSR count). The molecule has 2 aromatic rings. The molecule has 2 fully saturated rings. The number of benzene rings is 1. The summed E-state index contributed by atoms with van der Waals surface area (Å²) in [5.74, 6) is 0.875. The van der Waals surface area contributed by atoms with E-state index in [1.54, 1.807) is 0 Å². The van der Waals surface area contributed by atoms with E-state index in [1.165, 1.54) is 6.42 Å². The van der Waals surface area contributed by atoms with Crippen LogP contribution < -0.4 is 16.0 Å². The van der Waals surface area contributed by atoms with Gasteiger partial charge in [0.2, 0.25) is 0 Å². The predicted octanol–water partition coefficient (Wildman–Crippen LogP) is 5.68. The maximum Gasteiger partial charge on any atom is 0.319 e. The van der Waals surface area contributed by atoms with E-state index < -0.39 is 0 Å². The Labute approximate surface area is 183 Å². The van der Waals surface area contributed by atoms with Crippen molar-refractivity contribution in [1.82, 2.24) is 10.6 Å². The van der Waals surface area contributed by atoms with Crippen molar-refractivity contribution in [2.24, 2.45) is 0 Å². The minimum Gasteiger partial charge on any atom is -0.459 e. The van der Waals surface area contributed by atoms with Crippen molar-refractivity contribution in [2.75, 3.05) is 18.5 Å². The molecular formula is C23H32ClN3O3. The Kier molecular flexibility index (Phi) is 6.56. The van der Waals surface area contributed by atoms with E-state index in [2.05, 4.69) is 22.0 Å². The lowest BCUT2D eigenvalue weighted by molar-refractivity contribution is 0.109. The molecule has 0 bridgehead atoms. The molecule has 3 N–H and O–H groups in total. The van der Waals surface area contributed by atoms with Gasteiger partial charge in [-0.15, -0.1) is 0 Å². The number of anilines is 1. The van der Waals surface area contributed by atoms with Crippen molar-refractivity contribution in [3.63, 3.8) is 0 Å². The third-order valence-corrected chi connectivity index (χ3v) is 6.58. The Morgan fingerprint density at radius 1 is 1.20 bits per heavy atom. The SMILES string of the molecule is CC.O=C1Nc2c(Cl)cc3cc(CNCC4CCCO4)oc3c2C2(CCCCC2)N1. The van der Waals surface area contributed by atoms with Crippen LogP contribution in [-0.4, -0.2) is 25.3 Å². The van der Waals surface area contributed by atoms with Gasteiger partial charge in [-0.3, -0.25) is 0 Å². The molecule has 3 heterocycles. The van der Waals surface area contributed by atoms with Crippen molar-refractivity contribution >= 4 is 34.3 Å². The second kappa shape index (κ2) is 9.16. The van der Waals surface area contributed by atoms with Gasteiger partial charge in [0.15, 0.2) is 0 Å². The Morgan fingerprint density at radius 2 is 2.00 bits per heavy atom. The number of rotatable bonds is 4. The van der Waals surface area contributed by atoms with Gasteiger partial charge in [-0.25, -0.2) is 4.79 Å². The van der Waals surface area contributed by atoms with Crippen LogP contribution in [0.15, 0.2) is 16.5 Å². The van der Waals surface area contributed by atoms with Gasteiger partial charge in [-0.2, -0.15) is 0 Å². The number of amides is 2. The van der Waals surface area contributed by atoms with Crippen LogP contribution in [-0.2, 0) is 16.8 Å². The van der Waals surface area contributed by atoms with E-state index in [0.29, 0.717) is 23.4 Å². The smallest absolute Gasteiger partial charge is 0.319 e. The lowest BCUT2D eigenvalue weighted by Gasteiger charge is -2.42. The summed E-state index contributed by atoms with van der Waals surface area (Å²) in [5, 5.41) is 11.1. The van der Waals surface area contributed by atoms with Crippen molar-refractivity contribution in [1.29, 1.82) is 0 Å². The number of hydrogen-bond acceptors (Lipinski definition) is 4. The van der Waals surface area contributed by atoms with E-state index in [-0.39, 0.29) is 11.6 Å². The average molecular weight is 434 g/mol. The number of nitrogens with one attached hydrogen (secondary N) is 3. The summed E-state index contributed by atoms with van der Waals surface area (Å²) in [6, 6.07) is 3.77. The lowest BCUT2D eigenvalue weighted by Crippen LogP contribution is -2.52. The molecule has 1 aliphatic carbocycles. The van der Waals surface area contributed by atoms with Crippen LogP contribution in [0.25, 0.3) is 11.0 Å². The van der Waals surface area contributed by atoms with Crippen LogP contribution >= 0.6 is 11.6 Å². The average Bonchev–Trinajstić information content (AvgIpc) is 3.40. The van der Waals surface area contributed by atoms with Crippen LogP contribution in [0, 0.1) is 0 Å². The van der Waals surface area contributed by atoms with Crippen LogP contribution in [0.3, 0.4) is 0 Å². The maximum atomic E-state index is 12.3. The molecule has 3 aliphatic rings. The molecule has 7 heteroatoms. The molecule has 2 aliphatic heterocycles. The number of furan rings is 1. The van der Waals surface area contributed by atoms with E-state index in [1.807, 2.05) is 19.9 Å². The first-order chi connectivity index (χ1) is 14.6. The highest BCUT2D eigenvalue weighted by atomic mass is 35.5. The molecule has 0 radical (unpaired) electrons. The van der Waals surface area contributed by atoms with Crippen molar-refractivity contribution in [3.05, 3.63) is 28.5 Å². The largest absolute Gasteiger partial charge is 0.459 e. The fraction of sp³-hybridized carbons (Fsp3) is 0.609. The molecule has 1 atom stereocenters. The second-order valence-electron chi connectivity index (χ2n) is 8.23. The summed E-state index contributed by atoms with van der Waals surface area (Å²) in [6.45, 7) is 6.34. The molecule has 1 aromatic heterocycles. The van der Waals surface area contributed by atoms with Gasteiger partial charge in [0.1, 0.15) is 11.3 Å². The normalized spacial score (nSPS) is 22.2. The van der Waals surface area contributed by atoms with Crippen molar-refractivity contribution in [2.45, 2.75) is 77.0 Å². The lowest BCUT2D eigenvalue weighted by atomic mass is 9.74. The first-order valence-corrected chi connectivity index (χ1v) is 11.7. The summed E-state index contributed by atoms with van der Waals surface area (Å²) < 4.78 is 12.0. The monoisotopic (exact) mass is 433 g/mol. The molecule has 2 amide bonds. The maximum absolute atomic E-state index is 12.3. The third kappa shape index (κ3) is 4.05. The summed E-state index contributed by atoms with van der Waals surface area (Å²) in [6.07, 6.45) is 7.75. The number of fused-ring (bicyclic) bond motifs is 4. The van der Waals surface area contributed by atoms with Crippen LogP contribution in [0.1, 0.15) is 70.1 Å². The van der Waals surface area contributed by atoms with Crippen molar-refractivity contribution in [3.8, 4) is 0 Å². The molecule has 1 unspecified atom stereocenters. The molecule has 30 heavy (non-hydrogen) atoms. The quantitative estimate of drug-likeness (QED) is 0.580. The Balaban J connectivity index is 0.00000106. The van der Waals surface area contributed by atoms with E-state index >= 15 is 0 Å². The molecular weight excluding hydrogens is 402 g/mol. The highest BCUT2D eigenvalue weighted by Crippen LogP contribution is 2.48. The van der Waals surface area contributed by atoms with Crippen LogP contribution in [0.5, 0.6) is 0 Å². The van der Waals surface area contributed by atoms with E-state index in [0.717, 1.165) is 74.0 Å². The molecule has 1 saturated heterocycles. The summed E-state index contributed by atoms with van der Waals surface area (Å²) >= 11 is 6.57. The minimum atomic E-state index is -0.390.